The van der Waals surface area contributed by atoms with Crippen molar-refractivity contribution in [1.82, 2.24) is 10.6 Å². The molecule has 0 fully saturated rings. The van der Waals surface area contributed by atoms with Crippen molar-refractivity contribution in [3.8, 4) is 22.5 Å². The fourth-order valence-corrected chi connectivity index (χ4v) is 4.24. The van der Waals surface area contributed by atoms with Gasteiger partial charge in [0.15, 0.2) is 0 Å². The van der Waals surface area contributed by atoms with E-state index in [1.807, 2.05) is 85.8 Å². The molecule has 3 N–H and O–H groups in total. The second-order valence-corrected chi connectivity index (χ2v) is 9.08. The number of nitrogens with one attached hydrogen (secondary N) is 2. The number of ether oxygens (including phenoxy) is 1. The van der Waals surface area contributed by atoms with Crippen LogP contribution in [-0.2, 0) is 22.7 Å². The zero-order valence-electron chi connectivity index (χ0n) is 21.6. The highest BCUT2D eigenvalue weighted by Gasteiger charge is 2.22. The third-order valence-electron chi connectivity index (χ3n) is 6.28. The molecular weight excluding hydrogens is 480 g/mol. The highest BCUT2D eigenvalue weighted by atomic mass is 16.5. The van der Waals surface area contributed by atoms with E-state index < -0.39 is 17.9 Å². The van der Waals surface area contributed by atoms with E-state index >= 15 is 0 Å². The summed E-state index contributed by atoms with van der Waals surface area (Å²) in [5.74, 6) is 0.0173. The molecule has 1 atom stereocenters. The highest BCUT2D eigenvalue weighted by Crippen LogP contribution is 2.29. The zero-order chi connectivity index (χ0) is 26.9. The maximum absolute atomic E-state index is 13.2. The molecule has 1 unspecified atom stereocenters. The van der Waals surface area contributed by atoms with Crippen LogP contribution in [0.1, 0.15) is 33.7 Å². The molecular formula is C31H32N2O5. The van der Waals surface area contributed by atoms with Crippen molar-refractivity contribution in [1.29, 1.82) is 0 Å². The lowest BCUT2D eigenvalue weighted by molar-refractivity contribution is -0.139. The summed E-state index contributed by atoms with van der Waals surface area (Å²) in [6.45, 7) is 3.08. The Morgan fingerprint density at radius 1 is 0.921 bits per heavy atom. The summed E-state index contributed by atoms with van der Waals surface area (Å²) in [7, 11) is 1.74. The van der Waals surface area contributed by atoms with E-state index in [-0.39, 0.29) is 6.42 Å². The number of rotatable bonds is 12. The first kappa shape index (κ1) is 26.9. The SMILES string of the molecule is CNCCC(NC(=O)c1ccc(COCc2ccc(-c3ccccc3)o2)cc1-c1ccccc1C)C(=O)O. The Hall–Kier alpha value is -4.20. The molecule has 7 heteroatoms. The van der Waals surface area contributed by atoms with Crippen molar-refractivity contribution >= 4 is 11.9 Å². The Bertz CT molecular complexity index is 1380. The fraction of sp³-hybridized carbons (Fsp3) is 0.226. The number of aliphatic carboxylic acids is 1. The summed E-state index contributed by atoms with van der Waals surface area (Å²) >= 11 is 0. The first-order valence-electron chi connectivity index (χ1n) is 12.6. The van der Waals surface area contributed by atoms with E-state index in [2.05, 4.69) is 10.6 Å². The number of benzene rings is 3. The van der Waals surface area contributed by atoms with Gasteiger partial charge in [0.1, 0.15) is 24.2 Å². The maximum atomic E-state index is 13.2. The predicted molar refractivity (Wildman–Crippen MR) is 147 cm³/mol. The van der Waals surface area contributed by atoms with Crippen LogP contribution in [0.5, 0.6) is 0 Å². The number of carboxylic acids is 1. The average molecular weight is 513 g/mol. The van der Waals surface area contributed by atoms with Crippen LogP contribution >= 0.6 is 0 Å². The normalized spacial score (nSPS) is 11.7. The minimum Gasteiger partial charge on any atom is -0.480 e. The molecule has 4 rings (SSSR count). The molecule has 0 aliphatic rings. The topological polar surface area (TPSA) is 101 Å². The first-order valence-corrected chi connectivity index (χ1v) is 12.6. The monoisotopic (exact) mass is 512 g/mol. The number of carboxylic acid groups (broad SMARTS) is 1. The lowest BCUT2D eigenvalue weighted by Gasteiger charge is -2.18. The Morgan fingerprint density at radius 2 is 1.68 bits per heavy atom. The van der Waals surface area contributed by atoms with Crippen molar-refractivity contribution in [3.63, 3.8) is 0 Å². The van der Waals surface area contributed by atoms with Gasteiger partial charge >= 0.3 is 5.97 Å². The van der Waals surface area contributed by atoms with E-state index in [0.29, 0.717) is 25.3 Å². The van der Waals surface area contributed by atoms with Crippen LogP contribution in [0, 0.1) is 6.92 Å². The lowest BCUT2D eigenvalue weighted by atomic mass is 9.93. The largest absolute Gasteiger partial charge is 0.480 e. The Kier molecular flexibility index (Phi) is 9.08. The average Bonchev–Trinajstić information content (AvgIpc) is 3.40. The number of furan rings is 1. The van der Waals surface area contributed by atoms with Crippen molar-refractivity contribution < 1.29 is 23.8 Å². The van der Waals surface area contributed by atoms with E-state index in [9.17, 15) is 14.7 Å². The van der Waals surface area contributed by atoms with Gasteiger partial charge in [-0.25, -0.2) is 4.79 Å². The number of amides is 1. The molecule has 0 radical (unpaired) electrons. The van der Waals surface area contributed by atoms with Gasteiger partial charge in [0.05, 0.1) is 6.61 Å². The number of carbonyl (C=O) groups excluding carboxylic acids is 1. The second-order valence-electron chi connectivity index (χ2n) is 9.08. The fourth-order valence-electron chi connectivity index (χ4n) is 4.24. The summed E-state index contributed by atoms with van der Waals surface area (Å²) in [6.07, 6.45) is 0.280. The van der Waals surface area contributed by atoms with Gasteiger partial charge in [-0.2, -0.15) is 0 Å². The summed E-state index contributed by atoms with van der Waals surface area (Å²) in [6, 6.07) is 26.0. The van der Waals surface area contributed by atoms with Crippen LogP contribution in [-0.4, -0.2) is 36.6 Å². The van der Waals surface area contributed by atoms with Crippen LogP contribution < -0.4 is 10.6 Å². The molecule has 0 aliphatic carbocycles. The molecule has 7 nitrogen and oxygen atoms in total. The van der Waals surface area contributed by atoms with Gasteiger partial charge in [-0.15, -0.1) is 0 Å². The number of hydrogen-bond acceptors (Lipinski definition) is 5. The Labute approximate surface area is 222 Å². The summed E-state index contributed by atoms with van der Waals surface area (Å²) in [4.78, 5) is 24.9. The van der Waals surface area contributed by atoms with Gasteiger partial charge in [-0.3, -0.25) is 4.79 Å². The van der Waals surface area contributed by atoms with Crippen molar-refractivity contribution in [3.05, 3.63) is 107 Å². The third-order valence-corrected chi connectivity index (χ3v) is 6.28. The number of aryl methyl sites for hydroxylation is 1. The first-order chi connectivity index (χ1) is 18.5. The Morgan fingerprint density at radius 3 is 2.42 bits per heavy atom. The predicted octanol–water partition coefficient (Wildman–Crippen LogP) is 5.43. The molecule has 1 amide bonds. The quantitative estimate of drug-likeness (QED) is 0.234. The second kappa shape index (κ2) is 12.9. The highest BCUT2D eigenvalue weighted by molar-refractivity contribution is 6.02. The van der Waals surface area contributed by atoms with Gasteiger partial charge < -0.3 is 24.9 Å². The van der Waals surface area contributed by atoms with E-state index in [1.54, 1.807) is 13.1 Å². The smallest absolute Gasteiger partial charge is 0.326 e. The van der Waals surface area contributed by atoms with Gasteiger partial charge in [-0.05, 0) is 73.5 Å². The molecule has 0 saturated carbocycles. The molecule has 1 aromatic heterocycles. The molecule has 0 aliphatic heterocycles. The molecule has 0 bridgehead atoms. The standard InChI is InChI=1S/C31H32N2O5/c1-21-8-6-7-11-25(21)27-18-22(12-14-26(27)30(34)33-28(31(35)36)16-17-32-2)19-37-20-24-13-15-29(38-24)23-9-4-3-5-10-23/h3-15,18,28,32H,16-17,19-20H2,1-2H3,(H,33,34)(H,35,36). The van der Waals surface area contributed by atoms with Gasteiger partial charge in [0, 0.05) is 11.1 Å². The minimum atomic E-state index is -1.07. The van der Waals surface area contributed by atoms with E-state index in [4.69, 9.17) is 9.15 Å². The summed E-state index contributed by atoms with van der Waals surface area (Å²) < 4.78 is 11.9. The maximum Gasteiger partial charge on any atom is 0.326 e. The molecule has 0 saturated heterocycles. The number of carbonyl (C=O) groups is 2. The molecule has 3 aromatic carbocycles. The Balaban J connectivity index is 1.51. The van der Waals surface area contributed by atoms with Crippen LogP contribution in [0.4, 0.5) is 0 Å². The van der Waals surface area contributed by atoms with Crippen LogP contribution in [0.3, 0.4) is 0 Å². The lowest BCUT2D eigenvalue weighted by Crippen LogP contribution is -2.42. The third kappa shape index (κ3) is 6.76. The van der Waals surface area contributed by atoms with Crippen LogP contribution in [0.15, 0.2) is 89.3 Å². The summed E-state index contributed by atoms with van der Waals surface area (Å²) in [5.41, 5.74) is 4.95. The molecule has 196 valence electrons. The molecule has 4 aromatic rings. The molecule has 0 spiro atoms. The number of hydrogen-bond donors (Lipinski definition) is 3. The summed E-state index contributed by atoms with van der Waals surface area (Å²) in [5, 5.41) is 15.2. The van der Waals surface area contributed by atoms with Gasteiger partial charge in [0.25, 0.3) is 5.91 Å². The van der Waals surface area contributed by atoms with E-state index in [1.165, 1.54) is 0 Å². The van der Waals surface area contributed by atoms with E-state index in [0.717, 1.165) is 39.3 Å². The zero-order valence-corrected chi connectivity index (χ0v) is 21.6. The molecule has 38 heavy (non-hydrogen) atoms. The van der Waals surface area contributed by atoms with Crippen molar-refractivity contribution in [2.45, 2.75) is 32.6 Å². The van der Waals surface area contributed by atoms with Crippen LogP contribution in [0.2, 0.25) is 0 Å². The van der Waals surface area contributed by atoms with Gasteiger partial charge in [-0.1, -0.05) is 60.7 Å². The minimum absolute atomic E-state index is 0.280. The van der Waals surface area contributed by atoms with Crippen LogP contribution in [0.25, 0.3) is 22.5 Å². The van der Waals surface area contributed by atoms with Crippen molar-refractivity contribution in [2.24, 2.45) is 0 Å². The van der Waals surface area contributed by atoms with Gasteiger partial charge in [0.2, 0.25) is 0 Å². The molecule has 1 heterocycles. The van der Waals surface area contributed by atoms with Crippen molar-refractivity contribution in [2.75, 3.05) is 13.6 Å².